The Labute approximate surface area is 246 Å². The minimum absolute atomic E-state index is 0.0113. The van der Waals surface area contributed by atoms with Gasteiger partial charge in [-0.25, -0.2) is 18.7 Å². The number of thioether (sulfide) groups is 2. The monoisotopic (exact) mass is 613 g/mol. The van der Waals surface area contributed by atoms with E-state index in [0.29, 0.717) is 11.4 Å². The fourth-order valence-electron chi connectivity index (χ4n) is 3.47. The predicted octanol–water partition coefficient (Wildman–Crippen LogP) is 2.90. The summed E-state index contributed by atoms with van der Waals surface area (Å²) in [5.41, 5.74) is 5.75. The van der Waals surface area contributed by atoms with Gasteiger partial charge in [0.25, 0.3) is 11.1 Å². The lowest BCUT2D eigenvalue weighted by Gasteiger charge is -2.29. The Hall–Kier alpha value is -4.64. The molecule has 2 aromatic carbocycles. The van der Waals surface area contributed by atoms with Gasteiger partial charge in [0.15, 0.2) is 0 Å². The Kier molecular flexibility index (Phi) is 9.64. The molecular weight excluding hydrogens is 588 g/mol. The summed E-state index contributed by atoms with van der Waals surface area (Å²) >= 11 is 2.31. The highest BCUT2D eigenvalue weighted by Crippen LogP contribution is 2.20. The molecule has 42 heavy (non-hydrogen) atoms. The Balaban J connectivity index is 1.98. The number of aryl methyl sites for hydroxylation is 2. The van der Waals surface area contributed by atoms with Gasteiger partial charge >= 0.3 is 0 Å². The van der Waals surface area contributed by atoms with Crippen molar-refractivity contribution in [3.8, 4) is 0 Å². The fourth-order valence-corrected chi connectivity index (χ4v) is 4.33. The average Bonchev–Trinajstić information content (AvgIpc) is 2.99. The fraction of sp³-hybridized carbons (Fsp3) is 0.200. The van der Waals surface area contributed by atoms with E-state index < -0.39 is 22.8 Å². The molecule has 4 rings (SSSR count). The van der Waals surface area contributed by atoms with Crippen LogP contribution in [-0.4, -0.2) is 61.2 Å². The molecule has 0 aliphatic heterocycles. The third-order valence-corrected chi connectivity index (χ3v) is 6.81. The first-order valence-electron chi connectivity index (χ1n) is 12.1. The zero-order chi connectivity index (χ0) is 30.4. The standard InChI is InChI=1S/C25H25F2N11O2S2/c1-14-20(39)37(24(41-4)32-30-14)34-22(28-3)36(19-12-8-17(27)9-13-19)23(29-18-10-6-16(26)7-11-18)35-38-21(40)15(2)31-33-25(38)42-5/h6-13H,1-5H3,(H,28,34)(H,29,35). The maximum absolute atomic E-state index is 14.0. The van der Waals surface area contributed by atoms with Crippen molar-refractivity contribution in [2.45, 2.75) is 24.2 Å². The molecule has 0 radical (unpaired) electrons. The van der Waals surface area contributed by atoms with E-state index >= 15 is 0 Å². The minimum Gasteiger partial charge on any atom is -0.265 e. The summed E-state index contributed by atoms with van der Waals surface area (Å²) in [5.74, 6) is -1.02. The number of guanidine groups is 2. The van der Waals surface area contributed by atoms with Crippen molar-refractivity contribution in [2.75, 3.05) is 35.3 Å². The Morgan fingerprint density at radius 1 is 0.762 bits per heavy atom. The van der Waals surface area contributed by atoms with Crippen LogP contribution >= 0.6 is 23.5 Å². The van der Waals surface area contributed by atoms with Crippen molar-refractivity contribution in [3.63, 3.8) is 0 Å². The molecule has 0 aliphatic carbocycles. The SMILES string of the molecule is CN=C(Nn1c(SC)nnc(C)c1=O)N(C(=Nc1ccc(F)cc1)Nn1c(SC)nnc(C)c1=O)c1ccc(F)cc1. The van der Waals surface area contributed by atoms with Crippen molar-refractivity contribution in [2.24, 2.45) is 9.98 Å². The third-order valence-electron chi connectivity index (χ3n) is 5.55. The maximum Gasteiger partial charge on any atom is 0.294 e. The molecule has 0 spiro atoms. The normalized spacial score (nSPS) is 11.9. The first-order valence-corrected chi connectivity index (χ1v) is 14.5. The van der Waals surface area contributed by atoms with Gasteiger partial charge < -0.3 is 0 Å². The van der Waals surface area contributed by atoms with E-state index in [4.69, 9.17) is 0 Å². The molecule has 0 atom stereocenters. The zero-order valence-corrected chi connectivity index (χ0v) is 24.7. The van der Waals surface area contributed by atoms with E-state index in [0.717, 1.165) is 32.9 Å². The summed E-state index contributed by atoms with van der Waals surface area (Å²) in [6.45, 7) is 3.01. The van der Waals surface area contributed by atoms with Crippen LogP contribution in [0.4, 0.5) is 20.2 Å². The molecule has 2 N–H and O–H groups in total. The first kappa shape index (κ1) is 30.3. The van der Waals surface area contributed by atoms with Crippen molar-refractivity contribution < 1.29 is 8.78 Å². The van der Waals surface area contributed by atoms with Crippen molar-refractivity contribution in [3.05, 3.63) is 92.3 Å². The molecule has 0 aliphatic rings. The minimum atomic E-state index is -0.516. The lowest BCUT2D eigenvalue weighted by atomic mass is 10.3. The van der Waals surface area contributed by atoms with E-state index in [1.54, 1.807) is 12.5 Å². The Bertz CT molecular complexity index is 1760. The molecule has 2 aromatic heterocycles. The topological polar surface area (TPSA) is 148 Å². The first-order chi connectivity index (χ1) is 20.2. The summed E-state index contributed by atoms with van der Waals surface area (Å²) in [4.78, 5) is 36.7. The van der Waals surface area contributed by atoms with Gasteiger partial charge in [0, 0.05) is 7.05 Å². The molecule has 0 saturated heterocycles. The molecule has 2 heterocycles. The average molecular weight is 614 g/mol. The van der Waals surface area contributed by atoms with Crippen LogP contribution < -0.4 is 26.9 Å². The molecule has 0 saturated carbocycles. The van der Waals surface area contributed by atoms with Crippen LogP contribution in [0.2, 0.25) is 0 Å². The van der Waals surface area contributed by atoms with Gasteiger partial charge in [-0.3, -0.25) is 25.4 Å². The summed E-state index contributed by atoms with van der Waals surface area (Å²) in [6.07, 6.45) is 3.43. The van der Waals surface area contributed by atoms with E-state index in [1.165, 1.54) is 74.3 Å². The lowest BCUT2D eigenvalue weighted by Crippen LogP contribution is -2.52. The molecule has 17 heteroatoms. The Morgan fingerprint density at radius 3 is 1.67 bits per heavy atom. The van der Waals surface area contributed by atoms with Crippen LogP contribution in [0.25, 0.3) is 0 Å². The number of halogens is 2. The molecule has 4 aromatic rings. The number of nitrogens with one attached hydrogen (secondary N) is 2. The summed E-state index contributed by atoms with van der Waals surface area (Å²) in [6, 6.07) is 10.6. The van der Waals surface area contributed by atoms with Gasteiger partial charge in [0.2, 0.25) is 22.2 Å². The summed E-state index contributed by atoms with van der Waals surface area (Å²) in [7, 11) is 1.46. The van der Waals surface area contributed by atoms with Gasteiger partial charge in [-0.05, 0) is 74.9 Å². The van der Waals surface area contributed by atoms with E-state index in [-0.39, 0.29) is 33.6 Å². The van der Waals surface area contributed by atoms with Crippen LogP contribution in [0.15, 0.2) is 78.4 Å². The molecule has 13 nitrogen and oxygen atoms in total. The maximum atomic E-state index is 14.0. The number of benzene rings is 2. The molecule has 0 fully saturated rings. The highest BCUT2D eigenvalue weighted by atomic mass is 32.2. The highest BCUT2D eigenvalue weighted by Gasteiger charge is 2.25. The number of aliphatic imine (C=N–C) groups is 2. The highest BCUT2D eigenvalue weighted by molar-refractivity contribution is 7.98. The Morgan fingerprint density at radius 2 is 1.21 bits per heavy atom. The lowest BCUT2D eigenvalue weighted by molar-refractivity contribution is 0.627. The van der Waals surface area contributed by atoms with E-state index in [2.05, 4.69) is 41.2 Å². The van der Waals surface area contributed by atoms with Gasteiger partial charge in [-0.2, -0.15) is 9.35 Å². The molecule has 0 amide bonds. The molecule has 0 bridgehead atoms. The number of hydrogen-bond donors (Lipinski definition) is 2. The number of rotatable bonds is 6. The molecule has 0 unspecified atom stereocenters. The zero-order valence-electron chi connectivity index (χ0n) is 23.0. The van der Waals surface area contributed by atoms with Gasteiger partial charge in [-0.1, -0.05) is 23.5 Å². The van der Waals surface area contributed by atoms with Crippen LogP contribution in [0.1, 0.15) is 11.4 Å². The number of nitrogens with zero attached hydrogens (tertiary/aromatic N) is 9. The second-order valence-corrected chi connectivity index (χ2v) is 9.87. The van der Waals surface area contributed by atoms with E-state index in [1.807, 2.05) is 0 Å². The number of hydrogen-bond acceptors (Lipinski definition) is 10. The third kappa shape index (κ3) is 6.63. The smallest absolute Gasteiger partial charge is 0.265 e. The van der Waals surface area contributed by atoms with Crippen molar-refractivity contribution in [1.29, 1.82) is 0 Å². The van der Waals surface area contributed by atoms with Crippen molar-refractivity contribution in [1.82, 2.24) is 29.7 Å². The van der Waals surface area contributed by atoms with Gasteiger partial charge in [0.05, 0.1) is 11.4 Å². The second-order valence-electron chi connectivity index (χ2n) is 8.32. The van der Waals surface area contributed by atoms with Gasteiger partial charge in [0.1, 0.15) is 23.0 Å². The van der Waals surface area contributed by atoms with Crippen LogP contribution in [-0.2, 0) is 0 Å². The van der Waals surface area contributed by atoms with Crippen molar-refractivity contribution >= 4 is 46.8 Å². The van der Waals surface area contributed by atoms with Crippen LogP contribution in [0, 0.1) is 25.5 Å². The molecular formula is C25H25F2N11O2S2. The second kappa shape index (κ2) is 13.3. The summed E-state index contributed by atoms with van der Waals surface area (Å²) < 4.78 is 30.1. The van der Waals surface area contributed by atoms with E-state index in [9.17, 15) is 18.4 Å². The van der Waals surface area contributed by atoms with Crippen LogP contribution in [0.5, 0.6) is 0 Å². The predicted molar refractivity (Wildman–Crippen MR) is 160 cm³/mol. The van der Waals surface area contributed by atoms with Crippen LogP contribution in [0.3, 0.4) is 0 Å². The number of aromatic nitrogens is 6. The molecule has 218 valence electrons. The largest absolute Gasteiger partial charge is 0.294 e. The number of anilines is 1. The summed E-state index contributed by atoms with van der Waals surface area (Å²) in [5, 5.41) is 16.4. The van der Waals surface area contributed by atoms with Gasteiger partial charge in [-0.15, -0.1) is 20.4 Å². The quantitative estimate of drug-likeness (QED) is 0.188.